The highest BCUT2D eigenvalue weighted by Gasteiger charge is 2.16. The van der Waals surface area contributed by atoms with Crippen LogP contribution in [-0.2, 0) is 0 Å². The Balaban J connectivity index is 2.88. The summed E-state index contributed by atoms with van der Waals surface area (Å²) >= 11 is 2.90. The van der Waals surface area contributed by atoms with E-state index in [9.17, 15) is 13.6 Å². The third-order valence-electron chi connectivity index (χ3n) is 2.28. The van der Waals surface area contributed by atoms with E-state index < -0.39 is 11.6 Å². The molecule has 0 spiro atoms. The van der Waals surface area contributed by atoms with Crippen molar-refractivity contribution in [3.8, 4) is 0 Å². The van der Waals surface area contributed by atoms with Crippen molar-refractivity contribution in [1.29, 1.82) is 0 Å². The van der Waals surface area contributed by atoms with Gasteiger partial charge in [-0.3, -0.25) is 4.79 Å². The Kier molecular flexibility index (Phi) is 4.59. The van der Waals surface area contributed by atoms with Crippen molar-refractivity contribution in [1.82, 2.24) is 0 Å². The summed E-state index contributed by atoms with van der Waals surface area (Å²) in [5.41, 5.74) is 0.208. The number of rotatable bonds is 4. The van der Waals surface area contributed by atoms with Gasteiger partial charge in [0.2, 0.25) is 0 Å². The molecule has 1 aromatic rings. The molecule has 16 heavy (non-hydrogen) atoms. The van der Waals surface area contributed by atoms with Gasteiger partial charge in [-0.25, -0.2) is 8.78 Å². The normalized spacial score (nSPS) is 10.9. The Morgan fingerprint density at radius 3 is 2.56 bits per heavy atom. The number of carbonyl (C=O) groups excluding carboxylic acids is 1. The molecule has 0 amide bonds. The maximum Gasteiger partial charge on any atom is 0.173 e. The summed E-state index contributed by atoms with van der Waals surface area (Å²) < 4.78 is 25.9. The fourth-order valence-electron chi connectivity index (χ4n) is 1.30. The smallest absolute Gasteiger partial charge is 0.173 e. The quantitative estimate of drug-likeness (QED) is 0.595. The van der Waals surface area contributed by atoms with Gasteiger partial charge in [0, 0.05) is 12.0 Å². The van der Waals surface area contributed by atoms with Gasteiger partial charge in [0.1, 0.15) is 0 Å². The van der Waals surface area contributed by atoms with Crippen LogP contribution in [0.15, 0.2) is 16.6 Å². The molecule has 1 aromatic carbocycles. The molecule has 0 fully saturated rings. The fraction of sp³-hybridized carbons (Fsp3) is 0.417. The molecule has 0 radical (unpaired) electrons. The first-order valence-corrected chi connectivity index (χ1v) is 5.89. The van der Waals surface area contributed by atoms with Crippen molar-refractivity contribution in [3.63, 3.8) is 0 Å². The summed E-state index contributed by atoms with van der Waals surface area (Å²) in [5.74, 6) is -1.71. The van der Waals surface area contributed by atoms with Crippen LogP contribution in [0.1, 0.15) is 37.0 Å². The lowest BCUT2D eigenvalue weighted by atomic mass is 10.0. The van der Waals surface area contributed by atoms with Crippen LogP contribution in [0, 0.1) is 17.6 Å². The zero-order chi connectivity index (χ0) is 12.3. The number of ketones is 1. The molecule has 0 aromatic heterocycles. The zero-order valence-corrected chi connectivity index (χ0v) is 10.8. The maximum absolute atomic E-state index is 13.2. The predicted molar refractivity (Wildman–Crippen MR) is 62.5 cm³/mol. The monoisotopic (exact) mass is 290 g/mol. The summed E-state index contributed by atoms with van der Waals surface area (Å²) in [7, 11) is 0. The third-order valence-corrected chi connectivity index (χ3v) is 3.06. The van der Waals surface area contributed by atoms with Crippen LogP contribution in [0.3, 0.4) is 0 Å². The summed E-state index contributed by atoms with van der Waals surface area (Å²) in [5, 5.41) is 0. The highest BCUT2D eigenvalue weighted by atomic mass is 79.9. The van der Waals surface area contributed by atoms with Gasteiger partial charge < -0.3 is 0 Å². The molecule has 0 bridgehead atoms. The van der Waals surface area contributed by atoms with Crippen molar-refractivity contribution in [3.05, 3.63) is 33.8 Å². The predicted octanol–water partition coefficient (Wildman–Crippen LogP) is 4.35. The Morgan fingerprint density at radius 2 is 2.00 bits per heavy atom. The van der Waals surface area contributed by atoms with Crippen LogP contribution in [0.2, 0.25) is 0 Å². The minimum atomic E-state index is -1.00. The molecule has 0 N–H and O–H groups in total. The third kappa shape index (κ3) is 3.11. The number of benzene rings is 1. The highest BCUT2D eigenvalue weighted by molar-refractivity contribution is 9.10. The molecule has 0 saturated carbocycles. The van der Waals surface area contributed by atoms with Gasteiger partial charge in [-0.2, -0.15) is 0 Å². The second-order valence-electron chi connectivity index (χ2n) is 4.08. The molecule has 0 aliphatic carbocycles. The van der Waals surface area contributed by atoms with E-state index in [1.165, 1.54) is 6.07 Å². The Bertz CT molecular complexity index is 402. The molecule has 1 nitrogen and oxygen atoms in total. The lowest BCUT2D eigenvalue weighted by molar-refractivity contribution is 0.0974. The fourth-order valence-corrected chi connectivity index (χ4v) is 1.84. The van der Waals surface area contributed by atoms with Crippen LogP contribution in [0.4, 0.5) is 8.78 Å². The Labute approximate surface area is 102 Å². The first-order chi connectivity index (χ1) is 7.43. The number of halogens is 3. The summed E-state index contributed by atoms with van der Waals surface area (Å²) in [6.45, 7) is 4.02. The van der Waals surface area contributed by atoms with E-state index in [1.807, 2.05) is 13.8 Å². The van der Waals surface area contributed by atoms with E-state index in [-0.39, 0.29) is 15.8 Å². The SMILES string of the molecule is CC(C)CCC(=O)c1ccc(F)c(F)c1Br. The van der Waals surface area contributed by atoms with E-state index >= 15 is 0 Å². The van der Waals surface area contributed by atoms with Crippen LogP contribution in [0.25, 0.3) is 0 Å². The van der Waals surface area contributed by atoms with Gasteiger partial charge in [0.25, 0.3) is 0 Å². The molecule has 1 rings (SSSR count). The van der Waals surface area contributed by atoms with Gasteiger partial charge in [-0.05, 0) is 40.4 Å². The second-order valence-corrected chi connectivity index (χ2v) is 4.87. The zero-order valence-electron chi connectivity index (χ0n) is 9.19. The Morgan fingerprint density at radius 1 is 1.38 bits per heavy atom. The average Bonchev–Trinajstić information content (AvgIpc) is 2.23. The maximum atomic E-state index is 13.2. The average molecular weight is 291 g/mol. The molecular formula is C12H13BrF2O. The van der Waals surface area contributed by atoms with Crippen molar-refractivity contribution in [2.75, 3.05) is 0 Å². The van der Waals surface area contributed by atoms with Gasteiger partial charge in [0.05, 0.1) is 4.47 Å². The van der Waals surface area contributed by atoms with Crippen molar-refractivity contribution in [2.45, 2.75) is 26.7 Å². The standard InChI is InChI=1S/C12H13BrF2O/c1-7(2)3-6-10(16)8-4-5-9(14)12(15)11(8)13/h4-5,7H,3,6H2,1-2H3. The lowest BCUT2D eigenvalue weighted by Gasteiger charge is -2.06. The van der Waals surface area contributed by atoms with E-state index in [2.05, 4.69) is 15.9 Å². The van der Waals surface area contributed by atoms with Crippen LogP contribution in [-0.4, -0.2) is 5.78 Å². The molecule has 4 heteroatoms. The van der Waals surface area contributed by atoms with Gasteiger partial charge in [0.15, 0.2) is 17.4 Å². The number of hydrogen-bond acceptors (Lipinski definition) is 1. The molecule has 0 unspecified atom stereocenters. The van der Waals surface area contributed by atoms with E-state index in [0.717, 1.165) is 12.5 Å². The molecule has 0 aliphatic rings. The molecule has 0 saturated heterocycles. The molecular weight excluding hydrogens is 278 g/mol. The largest absolute Gasteiger partial charge is 0.294 e. The molecule has 88 valence electrons. The lowest BCUT2D eigenvalue weighted by Crippen LogP contribution is -2.04. The second kappa shape index (κ2) is 5.53. The molecule has 0 heterocycles. The summed E-state index contributed by atoms with van der Waals surface area (Å²) in [6, 6.07) is 2.29. The summed E-state index contributed by atoms with van der Waals surface area (Å²) in [4.78, 5) is 11.7. The minimum absolute atomic E-state index is 0.0822. The van der Waals surface area contributed by atoms with E-state index in [1.54, 1.807) is 0 Å². The molecule has 0 atom stereocenters. The number of hydrogen-bond donors (Lipinski definition) is 0. The number of Topliss-reactive ketones (excluding diaryl/α,β-unsaturated/α-hetero) is 1. The van der Waals surface area contributed by atoms with Crippen molar-refractivity contribution >= 4 is 21.7 Å². The number of carbonyl (C=O) groups is 1. The first-order valence-electron chi connectivity index (χ1n) is 5.10. The molecule has 0 aliphatic heterocycles. The van der Waals surface area contributed by atoms with Crippen molar-refractivity contribution < 1.29 is 13.6 Å². The van der Waals surface area contributed by atoms with Crippen LogP contribution >= 0.6 is 15.9 Å². The topological polar surface area (TPSA) is 17.1 Å². The van der Waals surface area contributed by atoms with Gasteiger partial charge in [-0.1, -0.05) is 13.8 Å². The van der Waals surface area contributed by atoms with Crippen LogP contribution < -0.4 is 0 Å². The van der Waals surface area contributed by atoms with E-state index in [4.69, 9.17) is 0 Å². The van der Waals surface area contributed by atoms with E-state index in [0.29, 0.717) is 12.3 Å². The van der Waals surface area contributed by atoms with Gasteiger partial charge in [-0.15, -0.1) is 0 Å². The van der Waals surface area contributed by atoms with Gasteiger partial charge >= 0.3 is 0 Å². The highest BCUT2D eigenvalue weighted by Crippen LogP contribution is 2.24. The first kappa shape index (κ1) is 13.3. The Hall–Kier alpha value is -0.770. The minimum Gasteiger partial charge on any atom is -0.294 e. The van der Waals surface area contributed by atoms with Crippen LogP contribution in [0.5, 0.6) is 0 Å². The van der Waals surface area contributed by atoms with Crippen molar-refractivity contribution in [2.24, 2.45) is 5.92 Å². The summed E-state index contributed by atoms with van der Waals surface area (Å²) in [6.07, 6.45) is 1.09.